The lowest BCUT2D eigenvalue weighted by Gasteiger charge is -2.35. The van der Waals surface area contributed by atoms with E-state index in [9.17, 15) is 4.21 Å². The van der Waals surface area contributed by atoms with Gasteiger partial charge in [-0.3, -0.25) is 4.90 Å². The first kappa shape index (κ1) is 19.1. The van der Waals surface area contributed by atoms with Crippen molar-refractivity contribution < 1.29 is 8.95 Å². The van der Waals surface area contributed by atoms with Gasteiger partial charge in [0.15, 0.2) is 0 Å². The first-order chi connectivity index (χ1) is 12.7. The molecular weight excluding hydrogens is 344 g/mol. The van der Waals surface area contributed by atoms with Crippen molar-refractivity contribution in [2.45, 2.75) is 36.6 Å². The summed E-state index contributed by atoms with van der Waals surface area (Å²) < 4.78 is 18.3. The number of methoxy groups -OCH3 is 1. The average molecular weight is 373 g/mol. The van der Waals surface area contributed by atoms with E-state index in [1.807, 2.05) is 32.0 Å². The summed E-state index contributed by atoms with van der Waals surface area (Å²) in [7, 11) is 0.445. The van der Waals surface area contributed by atoms with E-state index in [0.717, 1.165) is 52.8 Å². The van der Waals surface area contributed by atoms with Crippen LogP contribution >= 0.6 is 0 Å². The van der Waals surface area contributed by atoms with Gasteiger partial charge in [-0.2, -0.15) is 0 Å². The quantitative estimate of drug-likeness (QED) is 0.739. The van der Waals surface area contributed by atoms with E-state index in [2.05, 4.69) is 35.3 Å². The summed E-state index contributed by atoms with van der Waals surface area (Å²) in [5.41, 5.74) is 3.53. The molecule has 1 aromatic carbocycles. The fourth-order valence-electron chi connectivity index (χ4n) is 3.52. The normalized spacial score (nSPS) is 19.3. The fraction of sp³-hybridized carbons (Fsp3) is 0.429. The van der Waals surface area contributed by atoms with Crippen molar-refractivity contribution in [2.24, 2.45) is 0 Å². The van der Waals surface area contributed by atoms with Crippen molar-refractivity contribution >= 4 is 10.8 Å². The third-order valence-corrected chi connectivity index (χ3v) is 6.33. The maximum Gasteiger partial charge on any atom is 0.143 e. The molecule has 2 unspecified atom stereocenters. The van der Waals surface area contributed by atoms with Crippen LogP contribution in [0.5, 0.6) is 5.75 Å². The van der Waals surface area contributed by atoms with Gasteiger partial charge in [0.05, 0.1) is 22.8 Å². The molecule has 0 radical (unpaired) electrons. The Morgan fingerprint density at radius 1 is 1.23 bits per heavy atom. The summed E-state index contributed by atoms with van der Waals surface area (Å²) >= 11 is 0. The minimum Gasteiger partial charge on any atom is -0.495 e. The number of hydrogen-bond acceptors (Lipinski definition) is 4. The molecule has 0 spiro atoms. The van der Waals surface area contributed by atoms with Gasteiger partial charge < -0.3 is 10.1 Å². The number of fused-ring (bicyclic) bond motifs is 1. The van der Waals surface area contributed by atoms with Crippen LogP contribution in [0.1, 0.15) is 32.4 Å². The van der Waals surface area contributed by atoms with Crippen molar-refractivity contribution in [2.75, 3.05) is 33.3 Å². The molecule has 0 bridgehead atoms. The molecule has 2 atom stereocenters. The van der Waals surface area contributed by atoms with Crippen LogP contribution in [0.15, 0.2) is 46.2 Å². The summed E-state index contributed by atoms with van der Waals surface area (Å²) in [6.45, 7) is 10.3. The van der Waals surface area contributed by atoms with Gasteiger partial charge in [0.1, 0.15) is 5.75 Å². The van der Waals surface area contributed by atoms with Crippen LogP contribution in [0, 0.1) is 0 Å². The number of nitrogens with zero attached hydrogens (tertiary/aromatic N) is 1. The number of piperazine rings is 1. The zero-order valence-electron chi connectivity index (χ0n) is 16.0. The maximum atomic E-state index is 12.9. The highest BCUT2D eigenvalue weighted by Crippen LogP contribution is 2.49. The minimum absolute atomic E-state index is 0.395. The second-order valence-corrected chi connectivity index (χ2v) is 7.69. The topological polar surface area (TPSA) is 41.6 Å². The largest absolute Gasteiger partial charge is 0.495 e. The van der Waals surface area contributed by atoms with Gasteiger partial charge in [-0.25, -0.2) is 4.21 Å². The predicted octanol–water partition coefficient (Wildman–Crippen LogP) is 3.83. The first-order valence-corrected chi connectivity index (χ1v) is 10.6. The zero-order valence-corrected chi connectivity index (χ0v) is 16.9. The summed E-state index contributed by atoms with van der Waals surface area (Å²) in [6, 6.07) is 12.6. The van der Waals surface area contributed by atoms with Gasteiger partial charge in [0.2, 0.25) is 0 Å². The van der Waals surface area contributed by atoms with E-state index in [-0.39, 0.29) is 0 Å². The maximum absolute atomic E-state index is 12.9. The molecule has 5 heteroatoms. The van der Waals surface area contributed by atoms with Crippen LogP contribution < -0.4 is 10.1 Å². The van der Waals surface area contributed by atoms with E-state index in [1.165, 1.54) is 5.56 Å². The lowest BCUT2D eigenvalue weighted by Crippen LogP contribution is -2.45. The highest BCUT2D eigenvalue weighted by molar-refractivity contribution is 7.85. The van der Waals surface area contributed by atoms with Crippen molar-refractivity contribution in [3.8, 4) is 16.9 Å². The molecule has 0 saturated carbocycles. The summed E-state index contributed by atoms with van der Waals surface area (Å²) in [5, 5.41) is 3.46. The Kier molecular flexibility index (Phi) is 6.12. The minimum atomic E-state index is -1.19. The van der Waals surface area contributed by atoms with E-state index < -0.39 is 10.8 Å². The molecule has 2 aliphatic carbocycles. The molecule has 1 aliphatic heterocycles. The average Bonchev–Trinajstić information content (AvgIpc) is 3.39. The number of hydrogen-bond donors (Lipinski definition) is 1. The van der Waals surface area contributed by atoms with Crippen LogP contribution in [0.3, 0.4) is 0 Å². The highest BCUT2D eigenvalue weighted by atomic mass is 32.2. The molecule has 3 aliphatic rings. The second kappa shape index (κ2) is 8.33. The van der Waals surface area contributed by atoms with E-state index in [1.54, 1.807) is 7.11 Å². The standard InChI is InChI=1S/C19H22N2O2S.C2H6/c1-3-21-9-8-20-12-17(21)13-4-6-15(7-5-13)24(22)18-11-14-10-16(14)19(18)23-2;1-2/h4-7,10-11,17,20H,3,8-9,12H2,1-2H3;1-2H3. The Bertz CT molecular complexity index is 789. The lowest BCUT2D eigenvalue weighted by atomic mass is 10.0. The van der Waals surface area contributed by atoms with Crippen LogP contribution in [-0.4, -0.2) is 42.4 Å². The van der Waals surface area contributed by atoms with Crippen molar-refractivity contribution in [1.29, 1.82) is 0 Å². The Hall–Kier alpha value is -1.69. The first-order valence-electron chi connectivity index (χ1n) is 9.42. The van der Waals surface area contributed by atoms with Gasteiger partial charge in [-0.1, -0.05) is 32.9 Å². The molecule has 4 rings (SSSR count). The molecule has 1 heterocycles. The molecule has 1 fully saturated rings. The Balaban J connectivity index is 0.000000948. The number of ether oxygens (including phenoxy) is 1. The molecular formula is C21H28N2O2S. The van der Waals surface area contributed by atoms with E-state index >= 15 is 0 Å². The monoisotopic (exact) mass is 372 g/mol. The van der Waals surface area contributed by atoms with Crippen LogP contribution in [0.4, 0.5) is 0 Å². The number of benzene rings is 2. The van der Waals surface area contributed by atoms with Crippen molar-refractivity contribution in [1.82, 2.24) is 10.2 Å². The van der Waals surface area contributed by atoms with Crippen molar-refractivity contribution in [3.05, 3.63) is 42.0 Å². The van der Waals surface area contributed by atoms with Crippen LogP contribution in [-0.2, 0) is 10.8 Å². The predicted molar refractivity (Wildman–Crippen MR) is 107 cm³/mol. The molecule has 4 nitrogen and oxygen atoms in total. The SMILES string of the molecule is CC.CCN1CCNCC1c1ccc(S(=O)c2cc3cc-3c2OC)cc1. The van der Waals surface area contributed by atoms with Gasteiger partial charge in [-0.05, 0) is 41.9 Å². The van der Waals surface area contributed by atoms with E-state index in [0.29, 0.717) is 6.04 Å². The molecule has 140 valence electrons. The molecule has 26 heavy (non-hydrogen) atoms. The molecule has 0 aromatic heterocycles. The van der Waals surface area contributed by atoms with Gasteiger partial charge in [0.25, 0.3) is 0 Å². The third kappa shape index (κ3) is 3.56. The highest BCUT2D eigenvalue weighted by Gasteiger charge is 2.28. The lowest BCUT2D eigenvalue weighted by molar-refractivity contribution is 0.171. The summed E-state index contributed by atoms with van der Waals surface area (Å²) in [5.74, 6) is 0.765. The van der Waals surface area contributed by atoms with Crippen molar-refractivity contribution in [3.63, 3.8) is 0 Å². The van der Waals surface area contributed by atoms with Crippen LogP contribution in [0.2, 0.25) is 0 Å². The number of nitrogens with one attached hydrogen (secondary N) is 1. The summed E-state index contributed by atoms with van der Waals surface area (Å²) in [6.07, 6.45) is 0. The second-order valence-electron chi connectivity index (χ2n) is 6.24. The Morgan fingerprint density at radius 3 is 2.62 bits per heavy atom. The van der Waals surface area contributed by atoms with Gasteiger partial charge in [-0.15, -0.1) is 0 Å². The smallest absolute Gasteiger partial charge is 0.143 e. The zero-order chi connectivity index (χ0) is 18.7. The summed E-state index contributed by atoms with van der Waals surface area (Å²) in [4.78, 5) is 4.09. The van der Waals surface area contributed by atoms with Gasteiger partial charge in [0, 0.05) is 36.1 Å². The number of rotatable bonds is 5. The molecule has 0 amide bonds. The molecule has 1 N–H and O–H groups in total. The number of likely N-dealkylation sites (N-methyl/N-ethyl adjacent to an activating group) is 1. The van der Waals surface area contributed by atoms with Crippen LogP contribution in [0.25, 0.3) is 11.1 Å². The fourth-order valence-corrected chi connectivity index (χ4v) is 4.75. The van der Waals surface area contributed by atoms with E-state index in [4.69, 9.17) is 4.74 Å². The third-order valence-electron chi connectivity index (χ3n) is 4.93. The Labute approximate surface area is 159 Å². The van der Waals surface area contributed by atoms with Gasteiger partial charge >= 0.3 is 0 Å². The molecule has 1 aromatic rings. The Morgan fingerprint density at radius 2 is 1.96 bits per heavy atom. The molecule has 1 saturated heterocycles.